The van der Waals surface area contributed by atoms with Crippen LogP contribution in [0.3, 0.4) is 0 Å². The van der Waals surface area contributed by atoms with Gasteiger partial charge in [-0.3, -0.25) is 9.59 Å². The smallest absolute Gasteiger partial charge is 0.333 e. The van der Waals surface area contributed by atoms with Gasteiger partial charge in [0.2, 0.25) is 11.8 Å². The molecule has 39 heteroatoms. The van der Waals surface area contributed by atoms with E-state index in [0.29, 0.717) is 107 Å². The number of ether oxygens (including phenoxy) is 3. The number of hydrogen-bond acceptors (Lipinski definition) is 23. The summed E-state index contributed by atoms with van der Waals surface area (Å²) in [4.78, 5) is 55.5. The van der Waals surface area contributed by atoms with E-state index in [9.17, 15) is 86.1 Å². The summed E-state index contributed by atoms with van der Waals surface area (Å²) in [6.07, 6.45) is 3.30. The average molecular weight is 1570 g/mol. The quantitative estimate of drug-likeness (QED) is 0.0130. The van der Waals surface area contributed by atoms with Gasteiger partial charge in [-0.1, -0.05) is 83.0 Å². The largest absolute Gasteiger partial charge is 0.748 e. The fraction of sp³-hybridized carbons (Fsp3) is 0.737. The Hall–Kier alpha value is -2.82. The number of amides is 2. The number of nitrogens with one attached hydrogen (secondary N) is 2. The number of aliphatic hydroxyl groups is 2. The summed E-state index contributed by atoms with van der Waals surface area (Å²) in [6, 6.07) is 0. The molecule has 0 saturated carbocycles. The van der Waals surface area contributed by atoms with E-state index in [2.05, 4.69) is 101 Å². The molecule has 0 aromatic rings. The zero-order valence-corrected chi connectivity index (χ0v) is 68.2. The van der Waals surface area contributed by atoms with E-state index in [4.69, 9.17) is 14.2 Å². The van der Waals surface area contributed by atoms with Crippen LogP contribution in [0, 0.1) is 0 Å². The minimum atomic E-state index is -4.45. The first-order valence-electron chi connectivity index (χ1n) is 29.8. The van der Waals surface area contributed by atoms with Crippen molar-refractivity contribution in [2.75, 3.05) is 192 Å². The number of aliphatic hydroxyl groups excluding tert-OH is 2. The monoisotopic (exact) mass is 1570 g/mol. The van der Waals surface area contributed by atoms with Crippen molar-refractivity contribution in [2.45, 2.75) is 85.4 Å². The third-order valence-electron chi connectivity index (χ3n) is 12.5. The van der Waals surface area contributed by atoms with E-state index in [1.807, 2.05) is 42.3 Å². The topological polar surface area (TPSA) is 406 Å². The second kappa shape index (κ2) is 55.8. The molecule has 3 unspecified atom stereocenters. The molecule has 4 N–H and O–H groups in total. The summed E-state index contributed by atoms with van der Waals surface area (Å²) in [5.41, 5.74) is 1.56. The van der Waals surface area contributed by atoms with Crippen LogP contribution in [0.2, 0.25) is 0 Å². The third-order valence-corrected chi connectivity index (χ3v) is 15.7. The van der Waals surface area contributed by atoms with Crippen molar-refractivity contribution in [1.29, 1.82) is 0 Å². The number of unbranched alkanes of at least 4 members (excludes halogenated alkanes) is 1. The van der Waals surface area contributed by atoms with Crippen molar-refractivity contribution in [1.82, 2.24) is 10.6 Å². The number of esters is 3. The Morgan fingerprint density at radius 2 is 0.781 bits per heavy atom. The fourth-order valence-electron chi connectivity index (χ4n) is 7.35. The molecule has 0 saturated heterocycles. The molecule has 0 aromatic heterocycles. The molecule has 0 aromatic carbocycles. The van der Waals surface area contributed by atoms with E-state index < -0.39 is 76.1 Å². The van der Waals surface area contributed by atoms with Crippen LogP contribution in [-0.4, -0.2) is 318 Å². The van der Waals surface area contributed by atoms with E-state index in [1.165, 1.54) is 36.0 Å². The standard InChI is InChI=1S/C12H24N2O5S.C12H24N2O4S.C11H21NO6S.C11H21NO5S.C11H22NO2.2H2P2S/c1-10(2)12(16)13-6-5-7-14(3,4)8-11(15)9-20(17,18)19;1-11(2)12(15)13-7-5-8-14(3,4)9-6-10-19(16,17)18;1-9(2)11(14)18-6-5-12(3,4)7-10(13)8-19(15,16)17;1-10(2)11(13)17-8-7-12(3,4)6-5-9-18(14,15)16;1-5-7-8-12(3,4)9-10-14-11(13)6-2;1-3-2;1-2-3/h11,15H,1,5-9H2,2-4H3,(H-,13,16,17,18,19);1,5-10H2,2-4H3,(H-,13,15,16,17,18);10,13H,1,5-8H2,2-4H3;1,5-9H2,2-4H3;6H,2,5,7-10H2,1,3-4H3;1-2H;1H2/q;;;;+1;;. The summed E-state index contributed by atoms with van der Waals surface area (Å²) in [7, 11) is 12.6. The first-order valence-corrected chi connectivity index (χ1v) is 42.9. The van der Waals surface area contributed by atoms with Crippen LogP contribution in [-0.2, 0) is 101 Å². The van der Waals surface area contributed by atoms with Gasteiger partial charge in [0.25, 0.3) is 0 Å². The molecule has 0 fully saturated rings. The molecule has 0 aliphatic heterocycles. The molecular weight excluding hydrogens is 1450 g/mol. The van der Waals surface area contributed by atoms with Gasteiger partial charge in [0.15, 0.2) is 0 Å². The van der Waals surface area contributed by atoms with E-state index in [1.54, 1.807) is 34.9 Å². The van der Waals surface area contributed by atoms with E-state index in [-0.39, 0.29) is 60.1 Å². The highest BCUT2D eigenvalue weighted by atomic mass is 32.7. The van der Waals surface area contributed by atoms with Gasteiger partial charge < -0.3 is 75.7 Å². The maximum absolute atomic E-state index is 11.2. The lowest BCUT2D eigenvalue weighted by atomic mass is 10.2. The molecule has 566 valence electrons. The SMILES string of the molecule is C=C(C)C(=O)NCCC[N+](C)(C)CC(O)CS(=O)(=O)[O-].C=C(C)C(=O)NCCC[N+](C)(C)CCCS(=O)(=O)[O-].C=C(C)C(=O)OCC[N+](C)(C)CC(O)CS(=O)(=O)[O-].C=C(C)C(=O)OCC[N+](C)(C)CCCS(=O)(=O)[O-].C=CC(=O)OCC[N+](C)(C)CCCC.P=S=P.PP=S. The zero-order chi connectivity index (χ0) is 77.2. The van der Waals surface area contributed by atoms with Gasteiger partial charge in [0, 0.05) is 78.6 Å². The van der Waals surface area contributed by atoms with Crippen molar-refractivity contribution in [2.24, 2.45) is 0 Å². The normalized spacial score (nSPS) is 12.3. The maximum Gasteiger partial charge on any atom is 0.333 e. The molecule has 0 aliphatic rings. The van der Waals surface area contributed by atoms with E-state index >= 15 is 0 Å². The molecule has 29 nitrogen and oxygen atoms in total. The molecule has 0 radical (unpaired) electrons. The molecule has 0 heterocycles. The summed E-state index contributed by atoms with van der Waals surface area (Å²) >= 11 is 4.33. The second-order valence-corrected chi connectivity index (χ2v) is 36.7. The molecular formula is C57H116N7O22P4S6+. The minimum absolute atomic E-state index is 0.0755. The summed E-state index contributed by atoms with van der Waals surface area (Å²) in [5, 5.41) is 24.5. The Bertz CT molecular complexity index is 2900. The van der Waals surface area contributed by atoms with Crippen LogP contribution in [0.25, 0.3) is 0 Å². The van der Waals surface area contributed by atoms with Gasteiger partial charge in [-0.05, 0) is 41.2 Å². The summed E-state index contributed by atoms with van der Waals surface area (Å²) < 4.78 is 143. The van der Waals surface area contributed by atoms with Crippen LogP contribution >= 0.6 is 32.0 Å². The molecule has 0 aliphatic carbocycles. The van der Waals surface area contributed by atoms with Crippen LogP contribution in [0.1, 0.15) is 73.1 Å². The number of quaternary nitrogens is 5. The first-order chi connectivity index (χ1) is 43.3. The van der Waals surface area contributed by atoms with Crippen molar-refractivity contribution < 1.29 is 123 Å². The molecule has 0 bridgehead atoms. The highest BCUT2D eigenvalue weighted by Gasteiger charge is 2.25. The lowest BCUT2D eigenvalue weighted by Gasteiger charge is -2.32. The molecule has 0 rings (SSSR count). The highest BCUT2D eigenvalue weighted by molar-refractivity contribution is 8.24. The highest BCUT2D eigenvalue weighted by Crippen LogP contribution is 2.08. The predicted octanol–water partition coefficient (Wildman–Crippen LogP) is 2.30. The van der Waals surface area contributed by atoms with E-state index in [0.717, 1.165) is 37.6 Å². The van der Waals surface area contributed by atoms with Crippen LogP contribution in [0.15, 0.2) is 61.3 Å². The van der Waals surface area contributed by atoms with Crippen molar-refractivity contribution in [3.05, 3.63) is 61.3 Å². The third kappa shape index (κ3) is 85.4. The maximum atomic E-state index is 11.2. The van der Waals surface area contributed by atoms with Gasteiger partial charge in [-0.2, -0.15) is 0 Å². The number of hydrogen-bond donors (Lipinski definition) is 4. The first kappa shape index (κ1) is 107. The fourth-order valence-corrected chi connectivity index (χ4v) is 9.47. The summed E-state index contributed by atoms with van der Waals surface area (Å²) in [5.74, 6) is -3.89. The average Bonchev–Trinajstić information content (AvgIpc) is 0.936. The number of nitrogens with zero attached hydrogens (tertiary/aromatic N) is 5. The van der Waals surface area contributed by atoms with Crippen molar-refractivity contribution in [3.63, 3.8) is 0 Å². The zero-order valence-electron chi connectivity index (χ0n) is 59.2. The number of carbonyl (C=O) groups is 5. The number of likely N-dealkylation sites (N-methyl/N-ethyl adjacent to an activating group) is 4. The Morgan fingerprint density at radius 3 is 1.05 bits per heavy atom. The van der Waals surface area contributed by atoms with Gasteiger partial charge in [0.05, 0.1) is 155 Å². The molecule has 2 amide bonds. The Labute approximate surface area is 592 Å². The predicted molar refractivity (Wildman–Crippen MR) is 389 cm³/mol. The molecule has 0 spiro atoms. The lowest BCUT2D eigenvalue weighted by Crippen LogP contribution is -2.49. The van der Waals surface area contributed by atoms with Crippen molar-refractivity contribution in [3.8, 4) is 0 Å². The molecule has 96 heavy (non-hydrogen) atoms. The van der Waals surface area contributed by atoms with Gasteiger partial charge in [0.1, 0.15) is 64.8 Å². The number of rotatable bonds is 41. The number of carbonyl (C=O) groups excluding carboxylic acids is 5. The minimum Gasteiger partial charge on any atom is -0.748 e. The van der Waals surface area contributed by atoms with Gasteiger partial charge in [-0.15, -0.1) is 10.1 Å². The lowest BCUT2D eigenvalue weighted by molar-refractivity contribution is -0.893. The van der Waals surface area contributed by atoms with Crippen LogP contribution in [0.5, 0.6) is 0 Å². The van der Waals surface area contributed by atoms with Crippen LogP contribution in [0.4, 0.5) is 0 Å². The Balaban J connectivity index is -0.000000202. The summed E-state index contributed by atoms with van der Waals surface area (Å²) in [6.45, 7) is 33.5. The molecule has 3 atom stereocenters. The van der Waals surface area contributed by atoms with Crippen LogP contribution < -0.4 is 10.6 Å². The Morgan fingerprint density at radius 1 is 0.521 bits per heavy atom. The van der Waals surface area contributed by atoms with Crippen molar-refractivity contribution >= 4 is 124 Å². The van der Waals surface area contributed by atoms with Gasteiger partial charge >= 0.3 is 17.9 Å². The van der Waals surface area contributed by atoms with Gasteiger partial charge in [-0.25, -0.2) is 48.1 Å². The Kier molecular flexibility index (Phi) is 62.0. The second-order valence-electron chi connectivity index (χ2n) is 25.4.